The molecular weight excluding hydrogens is 289 g/mol. The van der Waals surface area contributed by atoms with Crippen molar-refractivity contribution in [2.24, 2.45) is 5.73 Å². The number of primary amides is 1. The minimum atomic E-state index is -4.53. The van der Waals surface area contributed by atoms with Crippen LogP contribution in [0.2, 0.25) is 0 Å². The molecule has 0 saturated carbocycles. The normalized spacial score (nSPS) is 16.2. The molecule has 2 amide bonds. The van der Waals surface area contributed by atoms with E-state index in [4.69, 9.17) is 5.73 Å². The summed E-state index contributed by atoms with van der Waals surface area (Å²) in [6.07, 6.45) is -4.53. The smallest absolute Gasteiger partial charge is 0.368 e. The summed E-state index contributed by atoms with van der Waals surface area (Å²) in [7, 11) is 0. The number of aromatic nitrogens is 1. The molecule has 1 aromatic heterocycles. The van der Waals surface area contributed by atoms with Gasteiger partial charge >= 0.3 is 6.18 Å². The molecule has 0 unspecified atom stereocenters. The SMILES string of the molecule is NC(=O)CN1CCN(c2cccc(C(F)(F)F)n2)CC1=O. The number of halogens is 3. The van der Waals surface area contributed by atoms with Crippen molar-refractivity contribution < 1.29 is 22.8 Å². The van der Waals surface area contributed by atoms with Crippen LogP contribution < -0.4 is 10.6 Å². The van der Waals surface area contributed by atoms with E-state index in [1.165, 1.54) is 21.9 Å². The monoisotopic (exact) mass is 302 g/mol. The molecule has 1 saturated heterocycles. The van der Waals surface area contributed by atoms with E-state index in [-0.39, 0.29) is 37.9 Å². The van der Waals surface area contributed by atoms with Gasteiger partial charge in [-0.25, -0.2) is 4.98 Å². The summed E-state index contributed by atoms with van der Waals surface area (Å²) in [6, 6.07) is 3.52. The fourth-order valence-corrected chi connectivity index (χ4v) is 2.02. The molecule has 0 bridgehead atoms. The fourth-order valence-electron chi connectivity index (χ4n) is 2.02. The highest BCUT2D eigenvalue weighted by molar-refractivity contribution is 5.87. The Balaban J connectivity index is 2.11. The number of alkyl halides is 3. The molecule has 21 heavy (non-hydrogen) atoms. The number of rotatable bonds is 3. The lowest BCUT2D eigenvalue weighted by molar-refractivity contribution is -0.141. The van der Waals surface area contributed by atoms with Gasteiger partial charge in [0.15, 0.2) is 0 Å². The minimum Gasteiger partial charge on any atom is -0.368 e. The quantitative estimate of drug-likeness (QED) is 0.867. The van der Waals surface area contributed by atoms with E-state index in [2.05, 4.69) is 4.98 Å². The molecule has 0 atom stereocenters. The number of hydrogen-bond acceptors (Lipinski definition) is 4. The maximum absolute atomic E-state index is 12.6. The van der Waals surface area contributed by atoms with Crippen molar-refractivity contribution in [1.29, 1.82) is 0 Å². The lowest BCUT2D eigenvalue weighted by Crippen LogP contribution is -2.52. The van der Waals surface area contributed by atoms with Crippen LogP contribution in [-0.2, 0) is 15.8 Å². The summed E-state index contributed by atoms with van der Waals surface area (Å²) in [5.74, 6) is -0.926. The molecule has 9 heteroatoms. The number of piperazine rings is 1. The largest absolute Gasteiger partial charge is 0.433 e. The van der Waals surface area contributed by atoms with E-state index in [0.717, 1.165) is 6.07 Å². The van der Waals surface area contributed by atoms with Crippen molar-refractivity contribution in [2.75, 3.05) is 31.1 Å². The summed E-state index contributed by atoms with van der Waals surface area (Å²) < 4.78 is 37.8. The number of carbonyl (C=O) groups is 2. The molecule has 0 radical (unpaired) electrons. The molecule has 2 rings (SSSR count). The van der Waals surface area contributed by atoms with E-state index < -0.39 is 17.8 Å². The van der Waals surface area contributed by atoms with Crippen LogP contribution in [0.5, 0.6) is 0 Å². The van der Waals surface area contributed by atoms with Crippen LogP contribution in [-0.4, -0.2) is 47.9 Å². The second-order valence-corrected chi connectivity index (χ2v) is 4.58. The van der Waals surface area contributed by atoms with Gasteiger partial charge in [-0.2, -0.15) is 13.2 Å². The Morgan fingerprint density at radius 3 is 2.62 bits per heavy atom. The van der Waals surface area contributed by atoms with E-state index in [9.17, 15) is 22.8 Å². The van der Waals surface area contributed by atoms with Gasteiger partial charge in [-0.3, -0.25) is 9.59 Å². The Kier molecular flexibility index (Phi) is 4.01. The first-order valence-electron chi connectivity index (χ1n) is 6.12. The number of nitrogens with zero attached hydrogens (tertiary/aromatic N) is 3. The standard InChI is InChI=1S/C12H13F3N4O2/c13-12(14,15)8-2-1-3-10(17-8)18-4-5-19(6-9(16)20)11(21)7-18/h1-3H,4-7H2,(H2,16,20). The topological polar surface area (TPSA) is 79.5 Å². The average Bonchev–Trinajstić information content (AvgIpc) is 2.40. The molecule has 2 heterocycles. The van der Waals surface area contributed by atoms with Crippen molar-refractivity contribution in [2.45, 2.75) is 6.18 Å². The van der Waals surface area contributed by atoms with Gasteiger partial charge in [0.2, 0.25) is 11.8 Å². The van der Waals surface area contributed by atoms with E-state index in [1.807, 2.05) is 0 Å². The van der Waals surface area contributed by atoms with Crippen LogP contribution in [0.1, 0.15) is 5.69 Å². The van der Waals surface area contributed by atoms with Gasteiger partial charge in [0.1, 0.15) is 11.5 Å². The van der Waals surface area contributed by atoms with Gasteiger partial charge in [0.25, 0.3) is 0 Å². The molecule has 1 fully saturated rings. The van der Waals surface area contributed by atoms with Crippen LogP contribution in [0.25, 0.3) is 0 Å². The van der Waals surface area contributed by atoms with Gasteiger partial charge < -0.3 is 15.5 Å². The Labute approximate surface area is 118 Å². The van der Waals surface area contributed by atoms with E-state index >= 15 is 0 Å². The third kappa shape index (κ3) is 3.61. The highest BCUT2D eigenvalue weighted by atomic mass is 19.4. The first-order chi connectivity index (χ1) is 9.77. The van der Waals surface area contributed by atoms with Crippen molar-refractivity contribution in [1.82, 2.24) is 9.88 Å². The Morgan fingerprint density at radius 1 is 1.33 bits per heavy atom. The fraction of sp³-hybridized carbons (Fsp3) is 0.417. The molecule has 1 aromatic rings. The summed E-state index contributed by atoms with van der Waals surface area (Å²) >= 11 is 0. The number of carbonyl (C=O) groups excluding carboxylic acids is 2. The average molecular weight is 302 g/mol. The molecule has 6 nitrogen and oxygen atoms in total. The van der Waals surface area contributed by atoms with E-state index in [0.29, 0.717) is 0 Å². The van der Waals surface area contributed by atoms with Crippen molar-refractivity contribution >= 4 is 17.6 Å². The number of hydrogen-bond donors (Lipinski definition) is 1. The predicted octanol–water partition coefficient (Wildman–Crippen LogP) is 0.234. The molecular formula is C12H13F3N4O2. The zero-order valence-electron chi connectivity index (χ0n) is 10.9. The van der Waals surface area contributed by atoms with Crippen molar-refractivity contribution in [3.63, 3.8) is 0 Å². The van der Waals surface area contributed by atoms with Crippen LogP contribution in [0.3, 0.4) is 0 Å². The number of nitrogens with two attached hydrogens (primary N) is 1. The number of anilines is 1. The summed E-state index contributed by atoms with van der Waals surface area (Å²) in [4.78, 5) is 28.9. The van der Waals surface area contributed by atoms with Gasteiger partial charge in [-0.1, -0.05) is 6.07 Å². The Hall–Kier alpha value is -2.32. The van der Waals surface area contributed by atoms with Crippen molar-refractivity contribution in [3.05, 3.63) is 23.9 Å². The van der Waals surface area contributed by atoms with Crippen LogP contribution >= 0.6 is 0 Å². The van der Waals surface area contributed by atoms with Crippen LogP contribution in [0.15, 0.2) is 18.2 Å². The first-order valence-corrected chi connectivity index (χ1v) is 6.12. The third-order valence-electron chi connectivity index (χ3n) is 3.01. The second kappa shape index (κ2) is 5.58. The molecule has 1 aliphatic rings. The van der Waals surface area contributed by atoms with Gasteiger partial charge in [-0.05, 0) is 12.1 Å². The predicted molar refractivity (Wildman–Crippen MR) is 67.2 cm³/mol. The van der Waals surface area contributed by atoms with Crippen LogP contribution in [0, 0.1) is 0 Å². The summed E-state index contributed by atoms with van der Waals surface area (Å²) in [5.41, 5.74) is 4.01. The van der Waals surface area contributed by atoms with Gasteiger partial charge in [-0.15, -0.1) is 0 Å². The molecule has 0 spiro atoms. The first kappa shape index (κ1) is 15.1. The van der Waals surface area contributed by atoms with Crippen molar-refractivity contribution in [3.8, 4) is 0 Å². The molecule has 1 aliphatic heterocycles. The molecule has 0 aromatic carbocycles. The summed E-state index contributed by atoms with van der Waals surface area (Å²) in [6.45, 7) is 0.164. The number of pyridine rings is 1. The maximum atomic E-state index is 12.6. The maximum Gasteiger partial charge on any atom is 0.433 e. The number of amides is 2. The third-order valence-corrected chi connectivity index (χ3v) is 3.01. The zero-order chi connectivity index (χ0) is 15.6. The van der Waals surface area contributed by atoms with Gasteiger partial charge in [0.05, 0.1) is 13.1 Å². The minimum absolute atomic E-state index is 0.0805. The molecule has 0 aliphatic carbocycles. The molecule has 114 valence electrons. The lowest BCUT2D eigenvalue weighted by Gasteiger charge is -2.34. The Bertz CT molecular complexity index is 562. The highest BCUT2D eigenvalue weighted by Crippen LogP contribution is 2.29. The second-order valence-electron chi connectivity index (χ2n) is 4.58. The van der Waals surface area contributed by atoms with Crippen LogP contribution in [0.4, 0.5) is 19.0 Å². The Morgan fingerprint density at radius 2 is 2.05 bits per heavy atom. The van der Waals surface area contributed by atoms with Gasteiger partial charge in [0, 0.05) is 13.1 Å². The lowest BCUT2D eigenvalue weighted by atomic mass is 10.2. The van der Waals surface area contributed by atoms with E-state index in [1.54, 1.807) is 0 Å². The zero-order valence-corrected chi connectivity index (χ0v) is 10.9. The highest BCUT2D eigenvalue weighted by Gasteiger charge is 2.33. The summed E-state index contributed by atoms with van der Waals surface area (Å²) in [5, 5.41) is 0. The molecule has 2 N–H and O–H groups in total.